The monoisotopic (exact) mass is 615 g/mol. The second-order valence-corrected chi connectivity index (χ2v) is 11.8. The Labute approximate surface area is 278 Å². The zero-order valence-electron chi connectivity index (χ0n) is 26.0. The first-order chi connectivity index (χ1) is 23.8. The van der Waals surface area contributed by atoms with Gasteiger partial charge in [0.1, 0.15) is 11.2 Å². The average molecular weight is 616 g/mol. The number of anilines is 3. The lowest BCUT2D eigenvalue weighted by molar-refractivity contribution is 0.669. The number of hydrogen-bond donors (Lipinski definition) is 0. The van der Waals surface area contributed by atoms with Gasteiger partial charge in [0, 0.05) is 44.7 Å². The third kappa shape index (κ3) is 4.88. The van der Waals surface area contributed by atoms with Gasteiger partial charge in [0.25, 0.3) is 0 Å². The van der Waals surface area contributed by atoms with E-state index in [0.717, 1.165) is 72.3 Å². The molecule has 2 aromatic heterocycles. The lowest BCUT2D eigenvalue weighted by atomic mass is 9.99. The lowest BCUT2D eigenvalue weighted by Crippen LogP contribution is -2.10. The van der Waals surface area contributed by atoms with Crippen molar-refractivity contribution in [3.05, 3.63) is 176 Å². The normalized spacial score (nSPS) is 11.3. The second-order valence-electron chi connectivity index (χ2n) is 11.8. The van der Waals surface area contributed by atoms with Gasteiger partial charge >= 0.3 is 0 Å². The summed E-state index contributed by atoms with van der Waals surface area (Å²) in [6.07, 6.45) is 0. The third-order valence-electron chi connectivity index (χ3n) is 8.84. The first-order valence-corrected chi connectivity index (χ1v) is 16.1. The molecule has 2 heterocycles. The molecule has 7 aromatic carbocycles. The zero-order valence-corrected chi connectivity index (χ0v) is 26.0. The van der Waals surface area contributed by atoms with Gasteiger partial charge in [-0.05, 0) is 59.7 Å². The van der Waals surface area contributed by atoms with Crippen molar-refractivity contribution in [2.24, 2.45) is 0 Å². The van der Waals surface area contributed by atoms with Gasteiger partial charge in [-0.15, -0.1) is 0 Å². The van der Waals surface area contributed by atoms with E-state index in [0.29, 0.717) is 5.82 Å². The minimum absolute atomic E-state index is 0.647. The fourth-order valence-electron chi connectivity index (χ4n) is 6.64. The second kappa shape index (κ2) is 11.7. The summed E-state index contributed by atoms with van der Waals surface area (Å²) >= 11 is 0. The molecule has 9 aromatic rings. The Bertz CT molecular complexity index is 2520. The van der Waals surface area contributed by atoms with E-state index in [1.165, 1.54) is 5.56 Å². The van der Waals surface area contributed by atoms with Gasteiger partial charge in [0.05, 0.1) is 16.9 Å². The molecular weight excluding hydrogens is 587 g/mol. The van der Waals surface area contributed by atoms with Gasteiger partial charge in [-0.25, -0.2) is 9.97 Å². The van der Waals surface area contributed by atoms with E-state index in [1.54, 1.807) is 0 Å². The Balaban J connectivity index is 1.32. The van der Waals surface area contributed by atoms with Gasteiger partial charge in [-0.2, -0.15) is 0 Å². The van der Waals surface area contributed by atoms with Crippen molar-refractivity contribution in [3.63, 3.8) is 0 Å². The van der Waals surface area contributed by atoms with E-state index in [1.807, 2.05) is 36.4 Å². The summed E-state index contributed by atoms with van der Waals surface area (Å²) in [5.41, 5.74) is 10.7. The predicted molar refractivity (Wildman–Crippen MR) is 198 cm³/mol. The molecule has 0 spiro atoms. The Morgan fingerprint density at radius 2 is 1.02 bits per heavy atom. The van der Waals surface area contributed by atoms with Crippen LogP contribution in [0.25, 0.3) is 66.6 Å². The van der Waals surface area contributed by atoms with Crippen molar-refractivity contribution in [2.75, 3.05) is 4.90 Å². The van der Waals surface area contributed by atoms with Crippen molar-refractivity contribution in [1.29, 1.82) is 0 Å². The maximum atomic E-state index is 6.56. The molecule has 4 heteroatoms. The summed E-state index contributed by atoms with van der Waals surface area (Å²) in [5, 5.41) is 3.03. The number of para-hydroxylation sites is 4. The van der Waals surface area contributed by atoms with Gasteiger partial charge in [0.15, 0.2) is 5.82 Å². The Morgan fingerprint density at radius 3 is 1.77 bits per heavy atom. The van der Waals surface area contributed by atoms with Crippen molar-refractivity contribution in [1.82, 2.24) is 9.97 Å². The molecule has 226 valence electrons. The van der Waals surface area contributed by atoms with E-state index >= 15 is 0 Å². The lowest BCUT2D eigenvalue weighted by Gasteiger charge is -2.26. The van der Waals surface area contributed by atoms with Crippen molar-refractivity contribution < 1.29 is 4.42 Å². The summed E-state index contributed by atoms with van der Waals surface area (Å²) in [6, 6.07) is 60.7. The number of furan rings is 1. The topological polar surface area (TPSA) is 42.2 Å². The predicted octanol–water partition coefficient (Wildman–Crippen LogP) is 12.0. The molecule has 0 radical (unpaired) electrons. The van der Waals surface area contributed by atoms with Crippen LogP contribution in [0.1, 0.15) is 0 Å². The number of hydrogen-bond acceptors (Lipinski definition) is 4. The molecule has 4 nitrogen and oxygen atoms in total. The van der Waals surface area contributed by atoms with Crippen molar-refractivity contribution in [3.8, 4) is 33.8 Å². The number of nitrogens with zero attached hydrogens (tertiary/aromatic N) is 3. The highest BCUT2D eigenvalue weighted by atomic mass is 16.3. The van der Waals surface area contributed by atoms with Gasteiger partial charge in [0.2, 0.25) is 0 Å². The van der Waals surface area contributed by atoms with Crippen LogP contribution >= 0.6 is 0 Å². The third-order valence-corrected chi connectivity index (χ3v) is 8.84. The van der Waals surface area contributed by atoms with Crippen molar-refractivity contribution >= 4 is 49.9 Å². The minimum Gasteiger partial charge on any atom is -0.456 e. The first-order valence-electron chi connectivity index (χ1n) is 16.1. The number of benzene rings is 7. The summed E-state index contributed by atoms with van der Waals surface area (Å²) in [6.45, 7) is 0. The highest BCUT2D eigenvalue weighted by Gasteiger charge is 2.22. The quantitative estimate of drug-likeness (QED) is 0.187. The Kier molecular flexibility index (Phi) is 6.76. The molecule has 0 bridgehead atoms. The summed E-state index contributed by atoms with van der Waals surface area (Å²) in [4.78, 5) is 12.9. The molecule has 0 saturated heterocycles. The Morgan fingerprint density at radius 1 is 0.417 bits per heavy atom. The average Bonchev–Trinajstić information content (AvgIpc) is 3.54. The number of aromatic nitrogens is 2. The van der Waals surface area contributed by atoms with Gasteiger partial charge in [-0.3, -0.25) is 0 Å². The highest BCUT2D eigenvalue weighted by Crippen LogP contribution is 2.43. The Hall–Kier alpha value is -6.52. The van der Waals surface area contributed by atoms with E-state index in [-0.39, 0.29) is 0 Å². The zero-order chi connectivity index (χ0) is 31.9. The first kappa shape index (κ1) is 27.8. The molecule has 0 unspecified atom stereocenters. The molecule has 0 amide bonds. The SMILES string of the molecule is c1ccc(-c2cccc(-c3nc(-c4cc(N(c5ccccc5)c5ccccc5)cc5oc6ccccc6c45)nc4ccccc34)c2)cc1. The van der Waals surface area contributed by atoms with Crippen LogP contribution in [0.4, 0.5) is 17.1 Å². The molecule has 0 aliphatic rings. The van der Waals surface area contributed by atoms with E-state index in [4.69, 9.17) is 14.4 Å². The van der Waals surface area contributed by atoms with Gasteiger partial charge < -0.3 is 9.32 Å². The molecule has 0 fully saturated rings. The minimum atomic E-state index is 0.647. The smallest absolute Gasteiger partial charge is 0.161 e. The molecule has 0 saturated carbocycles. The van der Waals surface area contributed by atoms with Crippen LogP contribution in [0, 0.1) is 0 Å². The molecule has 0 aliphatic carbocycles. The maximum absolute atomic E-state index is 6.56. The summed E-state index contributed by atoms with van der Waals surface area (Å²) in [5.74, 6) is 0.647. The van der Waals surface area contributed by atoms with Gasteiger partial charge in [-0.1, -0.05) is 121 Å². The van der Waals surface area contributed by atoms with Crippen LogP contribution in [0.15, 0.2) is 180 Å². The van der Waals surface area contributed by atoms with Crippen LogP contribution in [0.5, 0.6) is 0 Å². The standard InChI is InChI=1S/C44H29N3O/c1-4-15-30(16-5-1)31-17-14-18-32(27-31)43-36-23-10-12-25-39(36)45-44(46-43)38-28-35(29-41-42(38)37-24-11-13-26-40(37)48-41)47(33-19-6-2-7-20-33)34-21-8-3-9-22-34/h1-29H. The van der Waals surface area contributed by atoms with E-state index < -0.39 is 0 Å². The summed E-state index contributed by atoms with van der Waals surface area (Å²) in [7, 11) is 0. The molecule has 0 atom stereocenters. The fraction of sp³-hybridized carbons (Fsp3) is 0. The van der Waals surface area contributed by atoms with Crippen molar-refractivity contribution in [2.45, 2.75) is 0 Å². The van der Waals surface area contributed by atoms with Crippen LogP contribution < -0.4 is 4.90 Å². The number of rotatable bonds is 6. The molecule has 48 heavy (non-hydrogen) atoms. The summed E-state index contributed by atoms with van der Waals surface area (Å²) < 4.78 is 6.56. The maximum Gasteiger partial charge on any atom is 0.161 e. The number of fused-ring (bicyclic) bond motifs is 4. The van der Waals surface area contributed by atoms with Crippen LogP contribution in [-0.2, 0) is 0 Å². The van der Waals surface area contributed by atoms with E-state index in [9.17, 15) is 0 Å². The molecule has 0 aliphatic heterocycles. The highest BCUT2D eigenvalue weighted by molar-refractivity contribution is 6.13. The molecule has 0 N–H and O–H groups in total. The largest absolute Gasteiger partial charge is 0.456 e. The van der Waals surface area contributed by atoms with Crippen LogP contribution in [-0.4, -0.2) is 9.97 Å². The van der Waals surface area contributed by atoms with E-state index in [2.05, 4.69) is 144 Å². The van der Waals surface area contributed by atoms with Crippen LogP contribution in [0.3, 0.4) is 0 Å². The molecular formula is C44H29N3O. The van der Waals surface area contributed by atoms with Crippen LogP contribution in [0.2, 0.25) is 0 Å². The molecule has 9 rings (SSSR count). The fourth-order valence-corrected chi connectivity index (χ4v) is 6.64.